The molecule has 0 radical (unpaired) electrons. The molecular weight excluding hydrogens is 384 g/mol. The number of hydrogen-bond donors (Lipinski definition) is 1. The number of carbonyl (C=O) groups is 2. The Morgan fingerprint density at radius 1 is 1.30 bits per heavy atom. The summed E-state index contributed by atoms with van der Waals surface area (Å²) in [5, 5.41) is 3.75. The highest BCUT2D eigenvalue weighted by Gasteiger charge is 2.33. The van der Waals surface area contributed by atoms with E-state index in [4.69, 9.17) is 9.15 Å². The Morgan fingerprint density at radius 3 is 2.87 bits per heavy atom. The minimum atomic E-state index is -0.218. The zero-order valence-electron chi connectivity index (χ0n) is 17.5. The molecule has 2 aromatic heterocycles. The minimum absolute atomic E-state index is 0.0963. The smallest absolute Gasteiger partial charge is 0.290 e. The highest BCUT2D eigenvalue weighted by molar-refractivity contribution is 5.99. The number of furan rings is 1. The summed E-state index contributed by atoms with van der Waals surface area (Å²) in [6.45, 7) is 5.99. The van der Waals surface area contributed by atoms with Crippen molar-refractivity contribution in [3.05, 3.63) is 53.3 Å². The summed E-state index contributed by atoms with van der Waals surface area (Å²) < 4.78 is 12.8. The van der Waals surface area contributed by atoms with Crippen LogP contribution in [0.5, 0.6) is 0 Å². The van der Waals surface area contributed by atoms with Crippen LogP contribution in [0, 0.1) is 6.92 Å². The molecule has 8 heteroatoms. The molecule has 1 aliphatic heterocycles. The first-order valence-corrected chi connectivity index (χ1v) is 10.1. The van der Waals surface area contributed by atoms with Crippen LogP contribution in [-0.4, -0.2) is 53.1 Å². The Kier molecular flexibility index (Phi) is 5.59. The van der Waals surface area contributed by atoms with Crippen LogP contribution in [0.1, 0.15) is 40.6 Å². The zero-order chi connectivity index (χ0) is 21.3. The maximum absolute atomic E-state index is 13.3. The number of ether oxygens (including phenoxy) is 1. The molecule has 0 aliphatic carbocycles. The van der Waals surface area contributed by atoms with Gasteiger partial charge in [0.2, 0.25) is 5.91 Å². The molecule has 2 amide bonds. The van der Waals surface area contributed by atoms with Crippen molar-refractivity contribution in [2.24, 2.45) is 0 Å². The van der Waals surface area contributed by atoms with Gasteiger partial charge in [-0.25, -0.2) is 4.98 Å². The van der Waals surface area contributed by atoms with Crippen molar-refractivity contribution < 1.29 is 18.7 Å². The van der Waals surface area contributed by atoms with Crippen LogP contribution in [0.15, 0.2) is 34.9 Å². The molecule has 4 rings (SSSR count). The van der Waals surface area contributed by atoms with E-state index in [9.17, 15) is 9.59 Å². The quantitative estimate of drug-likeness (QED) is 0.631. The van der Waals surface area contributed by atoms with E-state index in [2.05, 4.69) is 10.3 Å². The van der Waals surface area contributed by atoms with Crippen LogP contribution in [0.4, 0.5) is 0 Å². The van der Waals surface area contributed by atoms with Crippen LogP contribution in [0.2, 0.25) is 0 Å². The van der Waals surface area contributed by atoms with E-state index < -0.39 is 0 Å². The van der Waals surface area contributed by atoms with Gasteiger partial charge in [-0.2, -0.15) is 0 Å². The molecule has 1 N–H and O–H groups in total. The second-order valence-corrected chi connectivity index (χ2v) is 7.53. The highest BCUT2D eigenvalue weighted by Crippen LogP contribution is 2.30. The summed E-state index contributed by atoms with van der Waals surface area (Å²) in [7, 11) is 1.59. The van der Waals surface area contributed by atoms with Crippen LogP contribution in [-0.2, 0) is 22.5 Å². The maximum Gasteiger partial charge on any atom is 0.290 e. The SMILES string of the molecule is COCCNC(=O)Cc1cn2c(n1)C(C)N(C(=O)c1oc3ccccc3c1C)CC2. The number of rotatable bonds is 6. The molecule has 30 heavy (non-hydrogen) atoms. The second-order valence-electron chi connectivity index (χ2n) is 7.53. The first kappa shape index (κ1) is 20.2. The molecule has 3 aromatic rings. The first-order chi connectivity index (χ1) is 14.5. The molecule has 0 saturated heterocycles. The van der Waals surface area contributed by atoms with Crippen molar-refractivity contribution in [2.45, 2.75) is 32.9 Å². The number of aryl methyl sites for hydroxylation is 1. The molecule has 8 nitrogen and oxygen atoms in total. The Labute approximate surface area is 174 Å². The molecule has 1 aliphatic rings. The number of hydrogen-bond acceptors (Lipinski definition) is 5. The van der Waals surface area contributed by atoms with E-state index in [1.807, 2.05) is 48.9 Å². The molecule has 0 spiro atoms. The third-order valence-corrected chi connectivity index (χ3v) is 5.55. The maximum atomic E-state index is 13.3. The van der Waals surface area contributed by atoms with Crippen molar-refractivity contribution in [1.82, 2.24) is 19.8 Å². The molecule has 1 aromatic carbocycles. The first-order valence-electron chi connectivity index (χ1n) is 10.1. The molecule has 0 bridgehead atoms. The summed E-state index contributed by atoms with van der Waals surface area (Å²) in [6, 6.07) is 7.44. The fourth-order valence-electron chi connectivity index (χ4n) is 3.94. The summed E-state index contributed by atoms with van der Waals surface area (Å²) in [6.07, 6.45) is 2.10. The van der Waals surface area contributed by atoms with Crippen molar-refractivity contribution >= 4 is 22.8 Å². The third-order valence-electron chi connectivity index (χ3n) is 5.55. The summed E-state index contributed by atoms with van der Waals surface area (Å²) >= 11 is 0. The summed E-state index contributed by atoms with van der Waals surface area (Å²) in [4.78, 5) is 31.8. The molecule has 158 valence electrons. The van der Waals surface area contributed by atoms with Crippen LogP contribution in [0.25, 0.3) is 11.0 Å². The van der Waals surface area contributed by atoms with Gasteiger partial charge in [0, 0.05) is 43.9 Å². The van der Waals surface area contributed by atoms with Crippen molar-refractivity contribution in [1.29, 1.82) is 0 Å². The number of amides is 2. The van der Waals surface area contributed by atoms with Gasteiger partial charge in [0.15, 0.2) is 5.76 Å². The number of imidazole rings is 1. The highest BCUT2D eigenvalue weighted by atomic mass is 16.5. The number of nitrogens with one attached hydrogen (secondary N) is 1. The molecule has 1 unspecified atom stereocenters. The van der Waals surface area contributed by atoms with E-state index in [0.29, 0.717) is 43.3 Å². The van der Waals surface area contributed by atoms with Crippen LogP contribution >= 0.6 is 0 Å². The lowest BCUT2D eigenvalue weighted by Crippen LogP contribution is -2.41. The molecule has 3 heterocycles. The fourth-order valence-corrected chi connectivity index (χ4v) is 3.94. The van der Waals surface area contributed by atoms with E-state index in [1.165, 1.54) is 0 Å². The second kappa shape index (κ2) is 8.31. The number of fused-ring (bicyclic) bond motifs is 2. The van der Waals surface area contributed by atoms with Gasteiger partial charge in [0.1, 0.15) is 11.4 Å². The number of nitrogens with zero attached hydrogens (tertiary/aromatic N) is 3. The minimum Gasteiger partial charge on any atom is -0.451 e. The Morgan fingerprint density at radius 2 is 2.10 bits per heavy atom. The van der Waals surface area contributed by atoms with E-state index in [-0.39, 0.29) is 24.3 Å². The number of benzene rings is 1. The van der Waals surface area contributed by atoms with E-state index >= 15 is 0 Å². The summed E-state index contributed by atoms with van der Waals surface area (Å²) in [5.74, 6) is 0.925. The topological polar surface area (TPSA) is 89.6 Å². The Balaban J connectivity index is 1.51. The lowest BCUT2D eigenvalue weighted by molar-refractivity contribution is -0.120. The van der Waals surface area contributed by atoms with Crippen molar-refractivity contribution in [3.8, 4) is 0 Å². The normalized spacial score (nSPS) is 16.0. The zero-order valence-corrected chi connectivity index (χ0v) is 17.5. The van der Waals surface area contributed by atoms with Gasteiger partial charge in [-0.1, -0.05) is 18.2 Å². The molecule has 1 atom stereocenters. The fraction of sp³-hybridized carbons (Fsp3) is 0.409. The van der Waals surface area contributed by atoms with Gasteiger partial charge < -0.3 is 23.9 Å². The van der Waals surface area contributed by atoms with Crippen molar-refractivity contribution in [3.63, 3.8) is 0 Å². The largest absolute Gasteiger partial charge is 0.451 e. The van der Waals surface area contributed by atoms with Gasteiger partial charge in [-0.05, 0) is 19.9 Å². The lowest BCUT2D eigenvalue weighted by atomic mass is 10.1. The predicted molar refractivity (Wildman–Crippen MR) is 111 cm³/mol. The van der Waals surface area contributed by atoms with Crippen LogP contribution < -0.4 is 5.32 Å². The van der Waals surface area contributed by atoms with E-state index in [1.54, 1.807) is 12.0 Å². The molecule has 0 saturated carbocycles. The molecular formula is C22H26N4O4. The molecule has 0 fully saturated rings. The average Bonchev–Trinajstić information content (AvgIpc) is 3.29. The van der Waals surface area contributed by atoms with Crippen LogP contribution in [0.3, 0.4) is 0 Å². The van der Waals surface area contributed by atoms with Gasteiger partial charge in [-0.3, -0.25) is 9.59 Å². The van der Waals surface area contributed by atoms with Gasteiger partial charge in [0.05, 0.1) is 24.8 Å². The van der Waals surface area contributed by atoms with E-state index in [0.717, 1.165) is 16.8 Å². The Hall–Kier alpha value is -3.13. The monoisotopic (exact) mass is 410 g/mol. The lowest BCUT2D eigenvalue weighted by Gasteiger charge is -2.33. The number of carbonyl (C=O) groups excluding carboxylic acids is 2. The number of aromatic nitrogens is 2. The Bertz CT molecular complexity index is 1080. The standard InChI is InChI=1S/C22H26N4O4/c1-14-17-6-4-5-7-18(17)30-20(14)22(28)26-10-9-25-13-16(24-21(25)15(26)2)12-19(27)23-8-11-29-3/h4-7,13,15H,8-12H2,1-3H3,(H,23,27). The predicted octanol–water partition coefficient (Wildman–Crippen LogP) is 2.46. The average molecular weight is 410 g/mol. The number of methoxy groups -OCH3 is 1. The number of para-hydroxylation sites is 1. The van der Waals surface area contributed by atoms with Gasteiger partial charge in [-0.15, -0.1) is 0 Å². The van der Waals surface area contributed by atoms with Gasteiger partial charge >= 0.3 is 0 Å². The third kappa shape index (κ3) is 3.70. The van der Waals surface area contributed by atoms with Crippen molar-refractivity contribution in [2.75, 3.05) is 26.8 Å². The summed E-state index contributed by atoms with van der Waals surface area (Å²) in [5.41, 5.74) is 2.26. The van der Waals surface area contributed by atoms with Gasteiger partial charge in [0.25, 0.3) is 5.91 Å².